The summed E-state index contributed by atoms with van der Waals surface area (Å²) in [5.41, 5.74) is 2.06. The van der Waals surface area contributed by atoms with Gasteiger partial charge in [-0.05, 0) is 80.4 Å². The van der Waals surface area contributed by atoms with Crippen LogP contribution in [0, 0.1) is 5.82 Å². The van der Waals surface area contributed by atoms with Crippen LogP contribution in [0.4, 0.5) is 4.39 Å². The van der Waals surface area contributed by atoms with Gasteiger partial charge in [0.15, 0.2) is 0 Å². The Labute approximate surface area is 202 Å². The van der Waals surface area contributed by atoms with Gasteiger partial charge in [0.25, 0.3) is 5.91 Å². The first kappa shape index (κ1) is 22.9. The number of aromatic nitrogens is 2. The molecule has 7 nitrogen and oxygen atoms in total. The number of carbonyl (C=O) groups is 2. The number of hydrogen-bond donors (Lipinski definition) is 4. The van der Waals surface area contributed by atoms with Gasteiger partial charge in [0, 0.05) is 36.0 Å². The molecule has 0 atom stereocenters. The van der Waals surface area contributed by atoms with E-state index in [1.807, 2.05) is 53.5 Å². The molecule has 0 spiro atoms. The molecule has 0 bridgehead atoms. The van der Waals surface area contributed by atoms with Crippen LogP contribution in [0.15, 0.2) is 73.2 Å². The number of hydrogen-bond acceptors (Lipinski definition) is 3. The molecular weight excluding hydrogens is 445 g/mol. The largest absolute Gasteiger partial charge is 0.361 e. The second kappa shape index (κ2) is 9.76. The summed E-state index contributed by atoms with van der Waals surface area (Å²) in [6.45, 7) is 1.65. The molecule has 0 radical (unpaired) electrons. The molecule has 5 rings (SSSR count). The number of para-hydroxylation sites is 1. The Morgan fingerprint density at radius 1 is 1.03 bits per heavy atom. The number of rotatable bonds is 7. The molecule has 4 N–H and O–H groups in total. The highest BCUT2D eigenvalue weighted by Crippen LogP contribution is 2.23. The number of aromatic amines is 1. The van der Waals surface area contributed by atoms with E-state index in [0.29, 0.717) is 44.5 Å². The van der Waals surface area contributed by atoms with E-state index in [-0.39, 0.29) is 17.6 Å². The fourth-order valence-electron chi connectivity index (χ4n) is 4.77. The molecule has 8 heteroatoms. The second-order valence-corrected chi connectivity index (χ2v) is 8.90. The zero-order chi connectivity index (χ0) is 24.3. The van der Waals surface area contributed by atoms with Crippen molar-refractivity contribution in [3.63, 3.8) is 0 Å². The molecule has 1 saturated heterocycles. The Kier molecular flexibility index (Phi) is 6.37. The lowest BCUT2D eigenvalue weighted by atomic mass is 9.86. The minimum atomic E-state index is -1.00. The number of nitrogens with zero attached hydrogens (tertiary/aromatic N) is 1. The maximum absolute atomic E-state index is 13.7. The molecule has 3 heterocycles. The lowest BCUT2D eigenvalue weighted by molar-refractivity contribution is -0.128. The molecule has 2 aromatic heterocycles. The van der Waals surface area contributed by atoms with Gasteiger partial charge in [0.1, 0.15) is 11.4 Å². The van der Waals surface area contributed by atoms with Crippen molar-refractivity contribution in [3.8, 4) is 5.69 Å². The van der Waals surface area contributed by atoms with E-state index in [0.717, 1.165) is 22.2 Å². The molecule has 2 aromatic carbocycles. The number of carbonyl (C=O) groups excluding carboxylic acids is 2. The van der Waals surface area contributed by atoms with Crippen LogP contribution in [0.2, 0.25) is 0 Å². The van der Waals surface area contributed by atoms with Gasteiger partial charge < -0.3 is 25.5 Å². The van der Waals surface area contributed by atoms with Crippen molar-refractivity contribution < 1.29 is 14.0 Å². The number of amides is 2. The van der Waals surface area contributed by atoms with Gasteiger partial charge in [-0.1, -0.05) is 12.1 Å². The van der Waals surface area contributed by atoms with Crippen molar-refractivity contribution in [2.75, 3.05) is 19.6 Å². The quantitative estimate of drug-likeness (QED) is 0.332. The maximum atomic E-state index is 13.7. The predicted octanol–water partition coefficient (Wildman–Crippen LogP) is 3.31. The Morgan fingerprint density at radius 2 is 1.80 bits per heavy atom. The monoisotopic (exact) mass is 473 g/mol. The summed E-state index contributed by atoms with van der Waals surface area (Å²) in [6, 6.07) is 15.8. The Hall–Kier alpha value is -3.91. The topological polar surface area (TPSA) is 91.0 Å². The normalized spacial score (nSPS) is 15.1. The zero-order valence-corrected chi connectivity index (χ0v) is 19.3. The smallest absolute Gasteiger partial charge is 0.254 e. The SMILES string of the molecule is O=C(NC1(C(=O)NCCc2c[nH]c3ccc(F)cc23)CCNCC1)c1ccccc1-n1cccc1. The summed E-state index contributed by atoms with van der Waals surface area (Å²) >= 11 is 0. The van der Waals surface area contributed by atoms with Crippen LogP contribution in [0.3, 0.4) is 0 Å². The van der Waals surface area contributed by atoms with Crippen LogP contribution in [0.1, 0.15) is 28.8 Å². The van der Waals surface area contributed by atoms with Gasteiger partial charge in [-0.25, -0.2) is 4.39 Å². The first-order chi connectivity index (χ1) is 17.1. The molecule has 0 aliphatic carbocycles. The van der Waals surface area contributed by atoms with Crippen molar-refractivity contribution >= 4 is 22.7 Å². The fraction of sp³-hybridized carbons (Fsp3) is 0.259. The lowest BCUT2D eigenvalue weighted by Gasteiger charge is -2.37. The average molecular weight is 474 g/mol. The highest BCUT2D eigenvalue weighted by molar-refractivity contribution is 6.01. The number of piperidine rings is 1. The first-order valence-electron chi connectivity index (χ1n) is 11.9. The minimum Gasteiger partial charge on any atom is -0.361 e. The van der Waals surface area contributed by atoms with Crippen LogP contribution >= 0.6 is 0 Å². The predicted molar refractivity (Wildman–Crippen MR) is 133 cm³/mol. The average Bonchev–Trinajstić information content (AvgIpc) is 3.55. The Balaban J connectivity index is 1.31. The third-order valence-corrected chi connectivity index (χ3v) is 6.69. The van der Waals surface area contributed by atoms with Gasteiger partial charge >= 0.3 is 0 Å². The van der Waals surface area contributed by atoms with Crippen LogP contribution in [-0.2, 0) is 11.2 Å². The van der Waals surface area contributed by atoms with Crippen molar-refractivity contribution in [2.45, 2.75) is 24.8 Å². The third kappa shape index (κ3) is 4.70. The number of benzene rings is 2. The van der Waals surface area contributed by atoms with Gasteiger partial charge in [-0.15, -0.1) is 0 Å². The molecule has 1 fully saturated rings. The van der Waals surface area contributed by atoms with E-state index in [2.05, 4.69) is 20.9 Å². The number of halogens is 1. The van der Waals surface area contributed by atoms with Crippen molar-refractivity contribution in [1.82, 2.24) is 25.5 Å². The standard InChI is InChI=1S/C27H28FN5O2/c28-20-7-8-23-22(17-20)19(18-31-23)9-12-30-26(35)27(10-13-29-14-11-27)32-25(34)21-5-1-2-6-24(21)33-15-3-4-16-33/h1-8,15-18,29,31H,9-14H2,(H,30,35)(H,32,34). The molecule has 0 unspecified atom stereocenters. The minimum absolute atomic E-state index is 0.197. The van der Waals surface area contributed by atoms with Crippen molar-refractivity contribution in [3.05, 3.63) is 90.1 Å². The van der Waals surface area contributed by atoms with Crippen LogP contribution in [-0.4, -0.2) is 46.5 Å². The molecule has 1 aliphatic heterocycles. The number of H-pyrrole nitrogens is 1. The fourth-order valence-corrected chi connectivity index (χ4v) is 4.77. The summed E-state index contributed by atoms with van der Waals surface area (Å²) in [4.78, 5) is 30.0. The molecule has 35 heavy (non-hydrogen) atoms. The van der Waals surface area contributed by atoms with E-state index < -0.39 is 5.54 Å². The van der Waals surface area contributed by atoms with Crippen LogP contribution in [0.25, 0.3) is 16.6 Å². The van der Waals surface area contributed by atoms with Crippen molar-refractivity contribution in [1.29, 1.82) is 0 Å². The van der Waals surface area contributed by atoms with E-state index in [4.69, 9.17) is 0 Å². The summed E-state index contributed by atoms with van der Waals surface area (Å²) in [5.74, 6) is -0.769. The molecule has 1 aliphatic rings. The van der Waals surface area contributed by atoms with E-state index in [1.165, 1.54) is 12.1 Å². The highest BCUT2D eigenvalue weighted by Gasteiger charge is 2.41. The van der Waals surface area contributed by atoms with E-state index in [9.17, 15) is 14.0 Å². The van der Waals surface area contributed by atoms with Gasteiger partial charge in [-0.2, -0.15) is 0 Å². The Morgan fingerprint density at radius 3 is 2.60 bits per heavy atom. The first-order valence-corrected chi connectivity index (χ1v) is 11.9. The van der Waals surface area contributed by atoms with Crippen LogP contribution in [0.5, 0.6) is 0 Å². The highest BCUT2D eigenvalue weighted by atomic mass is 19.1. The Bertz CT molecular complexity index is 1340. The summed E-state index contributed by atoms with van der Waals surface area (Å²) in [6.07, 6.45) is 7.15. The molecular formula is C27H28FN5O2. The maximum Gasteiger partial charge on any atom is 0.254 e. The van der Waals surface area contributed by atoms with E-state index in [1.54, 1.807) is 12.1 Å². The summed E-state index contributed by atoms with van der Waals surface area (Å²) in [7, 11) is 0. The number of fused-ring (bicyclic) bond motifs is 1. The van der Waals surface area contributed by atoms with Gasteiger partial charge in [0.05, 0.1) is 11.3 Å². The number of nitrogens with one attached hydrogen (secondary N) is 4. The molecule has 0 saturated carbocycles. The second-order valence-electron chi connectivity index (χ2n) is 8.90. The molecule has 180 valence electrons. The van der Waals surface area contributed by atoms with Crippen molar-refractivity contribution in [2.24, 2.45) is 0 Å². The zero-order valence-electron chi connectivity index (χ0n) is 19.3. The summed E-state index contributed by atoms with van der Waals surface area (Å²) < 4.78 is 15.6. The van der Waals surface area contributed by atoms with E-state index >= 15 is 0 Å². The molecule has 2 amide bonds. The summed E-state index contributed by atoms with van der Waals surface area (Å²) in [5, 5.41) is 10.2. The molecule has 4 aromatic rings. The van der Waals surface area contributed by atoms with Gasteiger partial charge in [0.2, 0.25) is 5.91 Å². The van der Waals surface area contributed by atoms with Crippen LogP contribution < -0.4 is 16.0 Å². The third-order valence-electron chi connectivity index (χ3n) is 6.69. The lowest BCUT2D eigenvalue weighted by Crippen LogP contribution is -2.63. The van der Waals surface area contributed by atoms with Gasteiger partial charge in [-0.3, -0.25) is 9.59 Å².